The van der Waals surface area contributed by atoms with Crippen molar-refractivity contribution in [3.8, 4) is 6.07 Å². The first-order valence-corrected chi connectivity index (χ1v) is 11.7. The predicted octanol–water partition coefficient (Wildman–Crippen LogP) is 1.51. The molecule has 3 amide bonds. The third kappa shape index (κ3) is 5.11. The Hall–Kier alpha value is -4.79. The van der Waals surface area contributed by atoms with E-state index in [1.165, 1.54) is 17.3 Å². The second-order valence-corrected chi connectivity index (χ2v) is 8.95. The number of rotatable bonds is 6. The summed E-state index contributed by atoms with van der Waals surface area (Å²) in [5.41, 5.74) is 7.64. The Kier molecular flexibility index (Phi) is 7.15. The van der Waals surface area contributed by atoms with E-state index < -0.39 is 5.91 Å². The van der Waals surface area contributed by atoms with Crippen molar-refractivity contribution >= 4 is 40.3 Å². The molecule has 12 nitrogen and oxygen atoms in total. The Bertz CT molecular complexity index is 1440. The summed E-state index contributed by atoms with van der Waals surface area (Å²) in [7, 11) is 3.31. The first kappa shape index (κ1) is 25.3. The van der Waals surface area contributed by atoms with E-state index in [0.717, 1.165) is 12.8 Å². The van der Waals surface area contributed by atoms with Crippen LogP contribution in [-0.4, -0.2) is 74.5 Å². The number of anilines is 2. The van der Waals surface area contributed by atoms with Crippen LogP contribution in [0.1, 0.15) is 40.5 Å². The second kappa shape index (κ2) is 10.4. The van der Waals surface area contributed by atoms with Crippen LogP contribution in [0.25, 0.3) is 11.0 Å². The number of fused-ring (bicyclic) bond motifs is 1. The zero-order valence-corrected chi connectivity index (χ0v) is 20.6. The minimum Gasteiger partial charge on any atom is -0.383 e. The minimum atomic E-state index is -0.589. The lowest BCUT2D eigenvalue weighted by molar-refractivity contribution is -0.128. The number of carbonyl (C=O) groups is 3. The number of likely N-dealkylation sites (N-methyl/N-ethyl adjacent to an activating group) is 1. The molecular formula is C25H27N9O3. The van der Waals surface area contributed by atoms with Crippen LogP contribution in [0.15, 0.2) is 37.2 Å². The summed E-state index contributed by atoms with van der Waals surface area (Å²) >= 11 is 0. The van der Waals surface area contributed by atoms with Crippen molar-refractivity contribution in [3.63, 3.8) is 0 Å². The van der Waals surface area contributed by atoms with Gasteiger partial charge in [-0.25, -0.2) is 14.6 Å². The molecule has 0 saturated carbocycles. The molecule has 3 aromatic rings. The maximum Gasteiger partial charge on any atom is 0.277 e. The summed E-state index contributed by atoms with van der Waals surface area (Å²) in [6.07, 6.45) is 4.19. The monoisotopic (exact) mass is 501 g/mol. The summed E-state index contributed by atoms with van der Waals surface area (Å²) in [6, 6.07) is 6.66. The number of likely N-dealkylation sites (tertiary alicyclic amines) is 1. The van der Waals surface area contributed by atoms with Gasteiger partial charge in [0.2, 0.25) is 11.8 Å². The van der Waals surface area contributed by atoms with Gasteiger partial charge >= 0.3 is 0 Å². The number of hydrogen-bond acceptors (Lipinski definition) is 8. The maximum absolute atomic E-state index is 13.4. The van der Waals surface area contributed by atoms with Gasteiger partial charge in [0.05, 0.1) is 29.1 Å². The first-order valence-electron chi connectivity index (χ1n) is 11.7. The van der Waals surface area contributed by atoms with E-state index in [1.54, 1.807) is 41.9 Å². The van der Waals surface area contributed by atoms with E-state index in [2.05, 4.69) is 33.0 Å². The number of piperidine rings is 1. The lowest BCUT2D eigenvalue weighted by Gasteiger charge is -2.32. The molecule has 1 aliphatic heterocycles. The zero-order valence-electron chi connectivity index (χ0n) is 20.6. The summed E-state index contributed by atoms with van der Waals surface area (Å²) in [5.74, 6) is -0.778. The van der Waals surface area contributed by atoms with Gasteiger partial charge in [0, 0.05) is 27.2 Å². The molecule has 0 radical (unpaired) electrons. The number of carbonyl (C=O) groups excluding carboxylic acids is 3. The van der Waals surface area contributed by atoms with Crippen molar-refractivity contribution in [2.75, 3.05) is 38.2 Å². The summed E-state index contributed by atoms with van der Waals surface area (Å²) in [5, 5.41) is 17.2. The molecule has 1 aromatic carbocycles. The summed E-state index contributed by atoms with van der Waals surface area (Å²) in [4.78, 5) is 49.1. The van der Waals surface area contributed by atoms with E-state index in [0.29, 0.717) is 29.7 Å². The van der Waals surface area contributed by atoms with E-state index >= 15 is 0 Å². The minimum absolute atomic E-state index is 0.0102. The normalized spacial score (nSPS) is 15.2. The quantitative estimate of drug-likeness (QED) is 0.480. The fraction of sp³-hybridized carbons (Fsp3) is 0.320. The fourth-order valence-electron chi connectivity index (χ4n) is 4.31. The Labute approximate surface area is 213 Å². The summed E-state index contributed by atoms with van der Waals surface area (Å²) in [6.45, 7) is 4.55. The Balaban J connectivity index is 1.66. The van der Waals surface area contributed by atoms with Crippen molar-refractivity contribution in [1.82, 2.24) is 29.5 Å². The number of nitriles is 1. The van der Waals surface area contributed by atoms with Crippen LogP contribution in [0.4, 0.5) is 11.5 Å². The largest absolute Gasteiger partial charge is 0.383 e. The third-order valence-electron chi connectivity index (χ3n) is 6.27. The average Bonchev–Trinajstić information content (AvgIpc) is 3.30. The van der Waals surface area contributed by atoms with Gasteiger partial charge in [0.1, 0.15) is 18.2 Å². The highest BCUT2D eigenvalue weighted by Gasteiger charge is 2.29. The van der Waals surface area contributed by atoms with Crippen molar-refractivity contribution in [2.24, 2.45) is 0 Å². The average molecular weight is 502 g/mol. The zero-order chi connectivity index (χ0) is 26.7. The number of benzene rings is 1. The molecule has 1 unspecified atom stereocenters. The van der Waals surface area contributed by atoms with Gasteiger partial charge in [0.15, 0.2) is 11.3 Å². The van der Waals surface area contributed by atoms with E-state index in [4.69, 9.17) is 5.73 Å². The SMILES string of the molecule is C=CC(=O)N1CCCC(n2nc(C(=O)Nc3ccc(CC(=O)N(C)C)cc3C#N)c3c(N)ncnc32)C1. The number of nitrogens with two attached hydrogens (primary N) is 1. The molecule has 1 saturated heterocycles. The molecule has 190 valence electrons. The first-order chi connectivity index (χ1) is 17.7. The molecule has 0 aliphatic carbocycles. The molecule has 1 aliphatic rings. The van der Waals surface area contributed by atoms with Gasteiger partial charge in [-0.15, -0.1) is 0 Å². The Morgan fingerprint density at radius 2 is 2.11 bits per heavy atom. The molecule has 0 spiro atoms. The lowest BCUT2D eigenvalue weighted by Crippen LogP contribution is -2.40. The number of hydrogen-bond donors (Lipinski definition) is 2. The number of nitrogens with zero attached hydrogens (tertiary/aromatic N) is 7. The van der Waals surface area contributed by atoms with Gasteiger partial charge in [0.25, 0.3) is 5.91 Å². The van der Waals surface area contributed by atoms with Gasteiger partial charge in [-0.1, -0.05) is 12.6 Å². The van der Waals surface area contributed by atoms with Crippen molar-refractivity contribution in [3.05, 3.63) is 54.0 Å². The number of amides is 3. The smallest absolute Gasteiger partial charge is 0.277 e. The Morgan fingerprint density at radius 1 is 1.32 bits per heavy atom. The molecule has 3 N–H and O–H groups in total. The highest BCUT2D eigenvalue weighted by atomic mass is 16.2. The van der Waals surface area contributed by atoms with Crippen LogP contribution in [-0.2, 0) is 16.0 Å². The third-order valence-corrected chi connectivity index (χ3v) is 6.27. The van der Waals surface area contributed by atoms with E-state index in [-0.39, 0.29) is 47.0 Å². The highest BCUT2D eigenvalue weighted by molar-refractivity contribution is 6.13. The highest BCUT2D eigenvalue weighted by Crippen LogP contribution is 2.29. The molecule has 12 heteroatoms. The van der Waals surface area contributed by atoms with E-state index in [1.807, 2.05) is 0 Å². The van der Waals surface area contributed by atoms with Gasteiger partial charge in [-0.05, 0) is 36.6 Å². The standard InChI is InChI=1S/C25H27N9O3/c1-4-19(35)33-9-5-6-17(13-33)34-24-21(23(27)28-14-29-24)22(31-34)25(37)30-18-8-7-15(10-16(18)12-26)11-20(36)32(2)3/h4,7-8,10,14,17H,1,5-6,9,11,13H2,2-3H3,(H,30,37)(H2,27,28,29). The Morgan fingerprint density at radius 3 is 2.81 bits per heavy atom. The second-order valence-electron chi connectivity index (χ2n) is 8.95. The number of nitrogens with one attached hydrogen (secondary N) is 1. The molecule has 37 heavy (non-hydrogen) atoms. The fourth-order valence-corrected chi connectivity index (χ4v) is 4.31. The van der Waals surface area contributed by atoms with E-state index in [9.17, 15) is 19.6 Å². The van der Waals surface area contributed by atoms with Crippen molar-refractivity contribution in [2.45, 2.75) is 25.3 Å². The van der Waals surface area contributed by atoms with Crippen molar-refractivity contribution < 1.29 is 14.4 Å². The van der Waals surface area contributed by atoms with Crippen LogP contribution in [0, 0.1) is 11.3 Å². The topological polar surface area (TPSA) is 163 Å². The number of nitrogen functional groups attached to an aromatic ring is 1. The van der Waals surface area contributed by atoms with Crippen molar-refractivity contribution in [1.29, 1.82) is 5.26 Å². The molecular weight excluding hydrogens is 474 g/mol. The van der Waals surface area contributed by atoms with Crippen LogP contribution >= 0.6 is 0 Å². The van der Waals surface area contributed by atoms with Gasteiger partial charge < -0.3 is 20.9 Å². The maximum atomic E-state index is 13.4. The molecule has 2 aromatic heterocycles. The number of aromatic nitrogens is 4. The molecule has 0 bridgehead atoms. The van der Waals surface area contributed by atoms with Crippen LogP contribution < -0.4 is 11.1 Å². The van der Waals surface area contributed by atoms with Crippen LogP contribution in [0.5, 0.6) is 0 Å². The molecule has 1 fully saturated rings. The lowest BCUT2D eigenvalue weighted by atomic mass is 10.1. The van der Waals surface area contributed by atoms with Crippen LogP contribution in [0.3, 0.4) is 0 Å². The molecule has 3 heterocycles. The van der Waals surface area contributed by atoms with Crippen LogP contribution in [0.2, 0.25) is 0 Å². The predicted molar refractivity (Wildman–Crippen MR) is 136 cm³/mol. The molecule has 4 rings (SSSR count). The molecule has 1 atom stereocenters. The van der Waals surface area contributed by atoms with Gasteiger partial charge in [-0.2, -0.15) is 10.4 Å². The summed E-state index contributed by atoms with van der Waals surface area (Å²) < 4.78 is 1.62. The van der Waals surface area contributed by atoms with Gasteiger partial charge in [-0.3, -0.25) is 14.4 Å².